The van der Waals surface area contributed by atoms with Crippen LogP contribution in [-0.4, -0.2) is 11.1 Å². The molecular weight excluding hydrogens is 152 g/mol. The molecule has 0 spiro atoms. The SMILES string of the molecule is CCCC1(C(=O)O)CCC(C)C1. The third-order valence-corrected chi connectivity index (χ3v) is 3.04. The predicted molar refractivity (Wildman–Crippen MR) is 48.0 cm³/mol. The van der Waals surface area contributed by atoms with Crippen molar-refractivity contribution in [2.75, 3.05) is 0 Å². The molecule has 2 nitrogen and oxygen atoms in total. The summed E-state index contributed by atoms with van der Waals surface area (Å²) in [5, 5.41) is 9.11. The van der Waals surface area contributed by atoms with Crippen LogP contribution in [0.1, 0.15) is 46.0 Å². The maximum Gasteiger partial charge on any atom is 0.309 e. The van der Waals surface area contributed by atoms with Gasteiger partial charge in [-0.3, -0.25) is 4.79 Å². The van der Waals surface area contributed by atoms with Crippen LogP contribution < -0.4 is 0 Å². The van der Waals surface area contributed by atoms with Crippen LogP contribution in [0.3, 0.4) is 0 Å². The number of aliphatic carboxylic acids is 1. The van der Waals surface area contributed by atoms with Gasteiger partial charge in [0.25, 0.3) is 0 Å². The molecule has 0 aromatic carbocycles. The van der Waals surface area contributed by atoms with Gasteiger partial charge in [0.15, 0.2) is 0 Å². The van der Waals surface area contributed by atoms with Gasteiger partial charge < -0.3 is 5.11 Å². The van der Waals surface area contributed by atoms with E-state index in [-0.39, 0.29) is 5.41 Å². The lowest BCUT2D eigenvalue weighted by atomic mass is 9.81. The van der Waals surface area contributed by atoms with Crippen molar-refractivity contribution in [3.05, 3.63) is 0 Å². The summed E-state index contributed by atoms with van der Waals surface area (Å²) in [7, 11) is 0. The summed E-state index contributed by atoms with van der Waals surface area (Å²) in [6.45, 7) is 4.22. The topological polar surface area (TPSA) is 37.3 Å². The average molecular weight is 170 g/mol. The van der Waals surface area contributed by atoms with Crippen molar-refractivity contribution < 1.29 is 9.90 Å². The lowest BCUT2D eigenvalue weighted by Gasteiger charge is -2.23. The first-order chi connectivity index (χ1) is 5.60. The Morgan fingerprint density at radius 2 is 2.33 bits per heavy atom. The molecule has 2 unspecified atom stereocenters. The fourth-order valence-corrected chi connectivity index (χ4v) is 2.40. The molecular formula is C10H18O2. The van der Waals surface area contributed by atoms with Crippen LogP contribution in [0.15, 0.2) is 0 Å². The van der Waals surface area contributed by atoms with E-state index in [0.717, 1.165) is 32.1 Å². The lowest BCUT2D eigenvalue weighted by Crippen LogP contribution is -2.27. The highest BCUT2D eigenvalue weighted by Crippen LogP contribution is 2.45. The molecule has 0 amide bonds. The van der Waals surface area contributed by atoms with E-state index in [0.29, 0.717) is 5.92 Å². The second-order valence-corrected chi connectivity index (χ2v) is 4.18. The summed E-state index contributed by atoms with van der Waals surface area (Å²) < 4.78 is 0. The molecule has 0 saturated heterocycles. The smallest absolute Gasteiger partial charge is 0.309 e. The third-order valence-electron chi connectivity index (χ3n) is 3.04. The summed E-state index contributed by atoms with van der Waals surface area (Å²) in [5.41, 5.74) is -0.367. The Balaban J connectivity index is 2.67. The highest BCUT2D eigenvalue weighted by atomic mass is 16.4. The standard InChI is InChI=1S/C10H18O2/c1-3-5-10(9(11)12)6-4-8(2)7-10/h8H,3-7H2,1-2H3,(H,11,12). The first kappa shape index (κ1) is 9.56. The Morgan fingerprint density at radius 1 is 1.67 bits per heavy atom. The second-order valence-electron chi connectivity index (χ2n) is 4.18. The minimum Gasteiger partial charge on any atom is -0.481 e. The fraction of sp³-hybridized carbons (Fsp3) is 0.900. The summed E-state index contributed by atoms with van der Waals surface area (Å²) >= 11 is 0. The first-order valence-corrected chi connectivity index (χ1v) is 4.84. The summed E-state index contributed by atoms with van der Waals surface area (Å²) in [6.07, 6.45) is 4.70. The molecule has 1 N–H and O–H groups in total. The number of carboxylic acids is 1. The van der Waals surface area contributed by atoms with Crippen LogP contribution in [0.5, 0.6) is 0 Å². The monoisotopic (exact) mass is 170 g/mol. The van der Waals surface area contributed by atoms with Gasteiger partial charge in [0.2, 0.25) is 0 Å². The van der Waals surface area contributed by atoms with Crippen LogP contribution >= 0.6 is 0 Å². The molecule has 1 rings (SSSR count). The van der Waals surface area contributed by atoms with Crippen molar-refractivity contribution >= 4 is 5.97 Å². The van der Waals surface area contributed by atoms with E-state index in [2.05, 4.69) is 13.8 Å². The number of rotatable bonds is 3. The Bertz CT molecular complexity index is 173. The molecule has 0 bridgehead atoms. The molecule has 1 aliphatic carbocycles. The van der Waals surface area contributed by atoms with E-state index in [1.165, 1.54) is 0 Å². The second kappa shape index (κ2) is 3.46. The van der Waals surface area contributed by atoms with Gasteiger partial charge in [-0.2, -0.15) is 0 Å². The largest absolute Gasteiger partial charge is 0.481 e. The summed E-state index contributed by atoms with van der Waals surface area (Å²) in [6, 6.07) is 0. The van der Waals surface area contributed by atoms with Crippen LogP contribution in [0.4, 0.5) is 0 Å². The Kier molecular flexibility index (Phi) is 2.76. The molecule has 70 valence electrons. The average Bonchev–Trinajstić information content (AvgIpc) is 2.34. The molecule has 2 atom stereocenters. The summed E-state index contributed by atoms with van der Waals surface area (Å²) in [5.74, 6) is 0.0290. The van der Waals surface area contributed by atoms with E-state index in [1.807, 2.05) is 0 Å². The maximum absolute atomic E-state index is 11.1. The van der Waals surface area contributed by atoms with Crippen LogP contribution in [0.2, 0.25) is 0 Å². The van der Waals surface area contributed by atoms with Crippen molar-refractivity contribution in [3.63, 3.8) is 0 Å². The summed E-state index contributed by atoms with van der Waals surface area (Å²) in [4.78, 5) is 11.1. The van der Waals surface area contributed by atoms with Crippen molar-refractivity contribution in [2.45, 2.75) is 46.0 Å². The van der Waals surface area contributed by atoms with Crippen molar-refractivity contribution in [1.82, 2.24) is 0 Å². The minimum atomic E-state index is -0.575. The number of hydrogen-bond donors (Lipinski definition) is 1. The van der Waals surface area contributed by atoms with E-state index >= 15 is 0 Å². The van der Waals surface area contributed by atoms with Gasteiger partial charge in [0, 0.05) is 0 Å². The van der Waals surface area contributed by atoms with Crippen LogP contribution in [0.25, 0.3) is 0 Å². The number of carbonyl (C=O) groups is 1. The molecule has 0 aliphatic heterocycles. The molecule has 0 radical (unpaired) electrons. The number of hydrogen-bond acceptors (Lipinski definition) is 1. The van der Waals surface area contributed by atoms with E-state index in [9.17, 15) is 4.79 Å². The van der Waals surface area contributed by atoms with Gasteiger partial charge in [-0.05, 0) is 31.6 Å². The van der Waals surface area contributed by atoms with Gasteiger partial charge in [-0.25, -0.2) is 0 Å². The molecule has 1 fully saturated rings. The van der Waals surface area contributed by atoms with Gasteiger partial charge >= 0.3 is 5.97 Å². The zero-order valence-electron chi connectivity index (χ0n) is 7.97. The highest BCUT2D eigenvalue weighted by molar-refractivity contribution is 5.75. The van der Waals surface area contributed by atoms with Crippen LogP contribution in [-0.2, 0) is 4.79 Å². The van der Waals surface area contributed by atoms with E-state index < -0.39 is 5.97 Å². The Hall–Kier alpha value is -0.530. The molecule has 0 heterocycles. The van der Waals surface area contributed by atoms with Crippen molar-refractivity contribution in [1.29, 1.82) is 0 Å². The molecule has 0 aromatic heterocycles. The minimum absolute atomic E-state index is 0.367. The van der Waals surface area contributed by atoms with Gasteiger partial charge in [0.1, 0.15) is 0 Å². The highest BCUT2D eigenvalue weighted by Gasteiger charge is 2.42. The first-order valence-electron chi connectivity index (χ1n) is 4.84. The van der Waals surface area contributed by atoms with Gasteiger partial charge in [0.05, 0.1) is 5.41 Å². The maximum atomic E-state index is 11.1. The molecule has 2 heteroatoms. The lowest BCUT2D eigenvalue weighted by molar-refractivity contribution is -0.149. The van der Waals surface area contributed by atoms with Crippen molar-refractivity contribution in [2.24, 2.45) is 11.3 Å². The quantitative estimate of drug-likeness (QED) is 0.707. The van der Waals surface area contributed by atoms with Crippen LogP contribution in [0, 0.1) is 11.3 Å². The van der Waals surface area contributed by atoms with Gasteiger partial charge in [-0.15, -0.1) is 0 Å². The zero-order valence-corrected chi connectivity index (χ0v) is 7.97. The Labute approximate surface area is 74.0 Å². The van der Waals surface area contributed by atoms with Gasteiger partial charge in [-0.1, -0.05) is 20.3 Å². The Morgan fingerprint density at radius 3 is 2.67 bits per heavy atom. The fourth-order valence-electron chi connectivity index (χ4n) is 2.40. The molecule has 1 saturated carbocycles. The normalized spacial score (nSPS) is 35.3. The zero-order chi connectivity index (χ0) is 9.19. The number of carboxylic acid groups (broad SMARTS) is 1. The van der Waals surface area contributed by atoms with E-state index in [4.69, 9.17) is 5.11 Å². The molecule has 12 heavy (non-hydrogen) atoms. The molecule has 0 aromatic rings. The molecule has 1 aliphatic rings. The predicted octanol–water partition coefficient (Wildman–Crippen LogP) is 2.68. The third kappa shape index (κ3) is 1.62. The van der Waals surface area contributed by atoms with Crippen molar-refractivity contribution in [3.8, 4) is 0 Å². The van der Waals surface area contributed by atoms with E-state index in [1.54, 1.807) is 0 Å².